The van der Waals surface area contributed by atoms with E-state index in [0.29, 0.717) is 5.69 Å². The molecule has 0 bridgehead atoms. The smallest absolute Gasteiger partial charge is 0.352 e. The van der Waals surface area contributed by atoms with E-state index in [2.05, 4.69) is 20.4 Å². The molecule has 0 saturated carbocycles. The van der Waals surface area contributed by atoms with Crippen molar-refractivity contribution in [2.75, 3.05) is 24.3 Å². The molecule has 2 atom stereocenters. The number of nitrogens with two attached hydrogens (primary N) is 1. The highest BCUT2D eigenvalue weighted by Gasteiger charge is 2.54. The minimum Gasteiger partial charge on any atom is -0.477 e. The number of aromatic nitrogens is 2. The van der Waals surface area contributed by atoms with Gasteiger partial charge in [0.05, 0.1) is 5.75 Å². The molecule has 35 heavy (non-hydrogen) atoms. The van der Waals surface area contributed by atoms with Gasteiger partial charge in [0.15, 0.2) is 10.8 Å². The lowest BCUT2D eigenvalue weighted by molar-refractivity contribution is -0.150. The number of aryl methyl sites for hydroxylation is 1. The Bertz CT molecular complexity index is 1380. The number of nitrogen functional groups attached to an aromatic ring is 1. The van der Waals surface area contributed by atoms with Gasteiger partial charge in [0, 0.05) is 22.2 Å². The molecule has 0 aliphatic carbocycles. The zero-order valence-electron chi connectivity index (χ0n) is 18.1. The summed E-state index contributed by atoms with van der Waals surface area (Å²) in [6, 6.07) is -1.06. The zero-order chi connectivity index (χ0) is 25.5. The SMILES string of the molecule is CO/N=C(/C(=O)N[C@@H]1C(=O)N2C(C(=O)O)=C(CS(=O)(=O)c3nc(C)cs3)CS[C@H]12)c1csc(N)n1. The van der Waals surface area contributed by atoms with Crippen molar-refractivity contribution < 1.29 is 32.7 Å². The Morgan fingerprint density at radius 3 is 2.66 bits per heavy atom. The number of anilines is 1. The van der Waals surface area contributed by atoms with Crippen molar-refractivity contribution in [3.8, 4) is 0 Å². The molecule has 4 heterocycles. The van der Waals surface area contributed by atoms with Crippen molar-refractivity contribution in [3.05, 3.63) is 33.4 Å². The Morgan fingerprint density at radius 1 is 1.34 bits per heavy atom. The maximum atomic E-state index is 12.9. The maximum Gasteiger partial charge on any atom is 0.352 e. The normalized spacial score (nSPS) is 20.3. The van der Waals surface area contributed by atoms with Gasteiger partial charge in [0.25, 0.3) is 11.8 Å². The summed E-state index contributed by atoms with van der Waals surface area (Å²) < 4.78 is 25.4. The summed E-state index contributed by atoms with van der Waals surface area (Å²) in [5.41, 5.74) is 5.77. The second kappa shape index (κ2) is 9.56. The largest absolute Gasteiger partial charge is 0.477 e. The van der Waals surface area contributed by atoms with Gasteiger partial charge in [-0.1, -0.05) is 5.16 Å². The monoisotopic (exact) mass is 558 g/mol. The number of hydrogen-bond donors (Lipinski definition) is 3. The average Bonchev–Trinajstić information content (AvgIpc) is 3.43. The first kappa shape index (κ1) is 25.1. The molecule has 2 amide bonds. The van der Waals surface area contributed by atoms with E-state index >= 15 is 0 Å². The minimum atomic E-state index is -3.90. The average molecular weight is 559 g/mol. The number of rotatable bonds is 8. The quantitative estimate of drug-likeness (QED) is 0.225. The first-order valence-corrected chi connectivity index (χ1v) is 14.2. The lowest BCUT2D eigenvalue weighted by atomic mass is 10.0. The number of thioether (sulfide) groups is 1. The van der Waals surface area contributed by atoms with Crippen LogP contribution in [-0.2, 0) is 29.1 Å². The van der Waals surface area contributed by atoms with Crippen LogP contribution in [0.5, 0.6) is 0 Å². The number of oxime groups is 1. The number of thiazole rings is 2. The van der Waals surface area contributed by atoms with Crippen LogP contribution in [0, 0.1) is 6.92 Å². The Kier molecular flexibility index (Phi) is 6.85. The van der Waals surface area contributed by atoms with Gasteiger partial charge in [0.1, 0.15) is 29.9 Å². The standard InChI is InChI=1S/C18H18N6O7S4/c1-7-3-34-18(20-7)35(29,30)6-8-4-32-15-11(14(26)24(15)12(8)16(27)28)22-13(25)10(23-31-2)9-5-33-17(19)21-9/h3,5,11,15H,4,6H2,1-2H3,(H2,19,21)(H,22,25)(H,27,28)/b23-10+/t11-,15-/m1/s1. The number of β-lactam (4-membered cyclic amide) rings is 1. The summed E-state index contributed by atoms with van der Waals surface area (Å²) in [7, 11) is -2.66. The highest BCUT2D eigenvalue weighted by atomic mass is 32.2. The molecule has 0 unspecified atom stereocenters. The number of carboxylic acid groups (broad SMARTS) is 1. The predicted molar refractivity (Wildman–Crippen MR) is 129 cm³/mol. The molecule has 1 fully saturated rings. The number of amides is 2. The lowest BCUT2D eigenvalue weighted by Crippen LogP contribution is -2.71. The van der Waals surface area contributed by atoms with E-state index in [4.69, 9.17) is 10.6 Å². The van der Waals surface area contributed by atoms with E-state index in [0.717, 1.165) is 39.3 Å². The summed E-state index contributed by atoms with van der Waals surface area (Å²) >= 11 is 3.18. The Balaban J connectivity index is 1.55. The van der Waals surface area contributed by atoms with Crippen molar-refractivity contribution in [2.45, 2.75) is 22.7 Å². The van der Waals surface area contributed by atoms with Gasteiger partial charge in [-0.3, -0.25) is 14.5 Å². The van der Waals surface area contributed by atoms with Crippen LogP contribution >= 0.6 is 34.4 Å². The summed E-state index contributed by atoms with van der Waals surface area (Å²) in [4.78, 5) is 51.4. The van der Waals surface area contributed by atoms with E-state index in [9.17, 15) is 27.9 Å². The summed E-state index contributed by atoms with van der Waals surface area (Å²) in [5, 5.41) is 18.5. The van der Waals surface area contributed by atoms with Crippen LogP contribution < -0.4 is 11.1 Å². The van der Waals surface area contributed by atoms with Gasteiger partial charge in [0.2, 0.25) is 14.2 Å². The number of sulfone groups is 1. The molecule has 0 radical (unpaired) electrons. The van der Waals surface area contributed by atoms with E-state index in [1.54, 1.807) is 12.3 Å². The fourth-order valence-electron chi connectivity index (χ4n) is 3.46. The van der Waals surface area contributed by atoms with Crippen LogP contribution in [-0.4, -0.2) is 81.9 Å². The van der Waals surface area contributed by atoms with Crippen LogP contribution in [0.25, 0.3) is 0 Å². The minimum absolute atomic E-state index is 0.0354. The number of fused-ring (bicyclic) bond motifs is 1. The van der Waals surface area contributed by atoms with Gasteiger partial charge in [-0.2, -0.15) is 0 Å². The van der Waals surface area contributed by atoms with Gasteiger partial charge >= 0.3 is 5.97 Å². The van der Waals surface area contributed by atoms with Crippen molar-refractivity contribution in [1.29, 1.82) is 0 Å². The number of carboxylic acids is 1. The van der Waals surface area contributed by atoms with Gasteiger partial charge in [-0.15, -0.1) is 34.4 Å². The molecule has 186 valence electrons. The molecule has 13 nitrogen and oxygen atoms in total. The second-order valence-electron chi connectivity index (χ2n) is 7.33. The van der Waals surface area contributed by atoms with Crippen LogP contribution in [0.4, 0.5) is 5.13 Å². The Labute approximate surface area is 211 Å². The molecule has 17 heteroatoms. The second-order valence-corrected chi connectivity index (χ2v) is 12.3. The molecule has 2 aromatic rings. The molecular formula is C18H18N6O7S4. The molecule has 2 aliphatic rings. The maximum absolute atomic E-state index is 12.9. The zero-order valence-corrected chi connectivity index (χ0v) is 21.4. The van der Waals surface area contributed by atoms with E-state index < -0.39 is 50.5 Å². The Hall–Kier alpha value is -3.02. The summed E-state index contributed by atoms with van der Waals surface area (Å²) in [6.07, 6.45) is 0. The van der Waals surface area contributed by atoms with Crippen molar-refractivity contribution in [1.82, 2.24) is 20.2 Å². The fourth-order valence-corrected chi connectivity index (χ4v) is 8.02. The molecule has 1 saturated heterocycles. The summed E-state index contributed by atoms with van der Waals surface area (Å²) in [5.74, 6) is -3.44. The predicted octanol–water partition coefficient (Wildman–Crippen LogP) is 0.0532. The van der Waals surface area contributed by atoms with Gasteiger partial charge in [-0.25, -0.2) is 23.2 Å². The van der Waals surface area contributed by atoms with Crippen molar-refractivity contribution in [2.24, 2.45) is 5.16 Å². The Morgan fingerprint density at radius 2 is 2.09 bits per heavy atom. The van der Waals surface area contributed by atoms with Crippen LogP contribution in [0.2, 0.25) is 0 Å². The first-order valence-electron chi connectivity index (χ1n) is 9.71. The topological polar surface area (TPSA) is 194 Å². The summed E-state index contributed by atoms with van der Waals surface area (Å²) in [6.45, 7) is 1.65. The number of nitrogens with zero attached hydrogens (tertiary/aromatic N) is 4. The molecule has 4 rings (SSSR count). The molecule has 4 N–H and O–H groups in total. The first-order chi connectivity index (χ1) is 16.5. The molecule has 0 aromatic carbocycles. The molecular weight excluding hydrogens is 541 g/mol. The van der Waals surface area contributed by atoms with Crippen LogP contribution in [0.15, 0.2) is 31.5 Å². The van der Waals surface area contributed by atoms with Crippen molar-refractivity contribution >= 4 is 72.9 Å². The molecule has 2 aromatic heterocycles. The molecule has 2 aliphatic heterocycles. The van der Waals surface area contributed by atoms with E-state index in [1.807, 2.05) is 0 Å². The number of carbonyl (C=O) groups excluding carboxylic acids is 2. The highest BCUT2D eigenvalue weighted by molar-refractivity contribution is 8.00. The van der Waals surface area contributed by atoms with E-state index in [1.165, 1.54) is 12.5 Å². The third-order valence-electron chi connectivity index (χ3n) is 4.93. The van der Waals surface area contributed by atoms with Crippen molar-refractivity contribution in [3.63, 3.8) is 0 Å². The third-order valence-corrected chi connectivity index (χ3v) is 10.1. The molecule has 0 spiro atoms. The third kappa shape index (κ3) is 4.75. The number of carbonyl (C=O) groups is 3. The van der Waals surface area contributed by atoms with Gasteiger partial charge in [-0.05, 0) is 12.5 Å². The highest BCUT2D eigenvalue weighted by Crippen LogP contribution is 2.41. The number of hydrogen-bond acceptors (Lipinski definition) is 13. The van der Waals surface area contributed by atoms with Gasteiger partial charge < -0.3 is 21.0 Å². The number of nitrogens with one attached hydrogen (secondary N) is 1. The van der Waals surface area contributed by atoms with Crippen LogP contribution in [0.3, 0.4) is 0 Å². The lowest BCUT2D eigenvalue weighted by Gasteiger charge is -2.49. The fraction of sp³-hybridized carbons (Fsp3) is 0.333. The number of aliphatic carboxylic acids is 1. The van der Waals surface area contributed by atoms with E-state index in [-0.39, 0.29) is 32.2 Å². The van der Waals surface area contributed by atoms with Crippen LogP contribution in [0.1, 0.15) is 11.4 Å².